The van der Waals surface area contributed by atoms with Crippen LogP contribution in [0.15, 0.2) is 16.6 Å². The minimum atomic E-state index is -4.45. The van der Waals surface area contributed by atoms with Crippen LogP contribution in [0.2, 0.25) is 0 Å². The number of carboxylic acid groups (broad SMARTS) is 1. The number of carbonyl (C=O) groups is 1. The summed E-state index contributed by atoms with van der Waals surface area (Å²) < 4.78 is 51.4. The molecule has 0 saturated heterocycles. The van der Waals surface area contributed by atoms with E-state index >= 15 is 0 Å². The number of alkyl halides is 3. The molecule has 0 spiro atoms. The SMILES string of the molecule is O=C(O)c1ccc(N(CC(F)(F)F)C2CC2)c(F)c1Br. The van der Waals surface area contributed by atoms with E-state index in [-0.39, 0.29) is 21.8 Å². The molecule has 0 aromatic heterocycles. The highest BCUT2D eigenvalue weighted by atomic mass is 79.9. The lowest BCUT2D eigenvalue weighted by Crippen LogP contribution is -2.36. The lowest BCUT2D eigenvalue weighted by atomic mass is 10.1. The molecule has 0 bridgehead atoms. The Hall–Kier alpha value is -1.31. The fourth-order valence-electron chi connectivity index (χ4n) is 1.92. The zero-order valence-corrected chi connectivity index (χ0v) is 11.6. The molecule has 1 aromatic rings. The van der Waals surface area contributed by atoms with E-state index in [1.807, 2.05) is 0 Å². The van der Waals surface area contributed by atoms with Gasteiger partial charge >= 0.3 is 12.1 Å². The van der Waals surface area contributed by atoms with Crippen molar-refractivity contribution in [2.24, 2.45) is 0 Å². The second-order valence-electron chi connectivity index (χ2n) is 4.54. The van der Waals surface area contributed by atoms with E-state index in [4.69, 9.17) is 5.11 Å². The summed E-state index contributed by atoms with van der Waals surface area (Å²) in [6, 6.07) is 1.82. The Bertz CT molecular complexity index is 543. The van der Waals surface area contributed by atoms with Crippen molar-refractivity contribution in [3.05, 3.63) is 28.0 Å². The molecule has 3 nitrogen and oxygen atoms in total. The van der Waals surface area contributed by atoms with E-state index in [1.54, 1.807) is 0 Å². The predicted octanol–water partition coefficient (Wildman–Crippen LogP) is 3.82. The molecule has 20 heavy (non-hydrogen) atoms. The lowest BCUT2D eigenvalue weighted by molar-refractivity contribution is -0.120. The van der Waals surface area contributed by atoms with Crippen LogP contribution in [0.1, 0.15) is 23.2 Å². The maximum Gasteiger partial charge on any atom is 0.405 e. The van der Waals surface area contributed by atoms with Gasteiger partial charge in [-0.1, -0.05) is 0 Å². The molecule has 1 saturated carbocycles. The summed E-state index contributed by atoms with van der Waals surface area (Å²) in [5, 5.41) is 8.84. The molecule has 2 rings (SSSR count). The Kier molecular flexibility index (Phi) is 3.95. The highest BCUT2D eigenvalue weighted by Gasteiger charge is 2.39. The molecule has 8 heteroatoms. The Labute approximate surface area is 120 Å². The third kappa shape index (κ3) is 3.23. The molecular formula is C12H10BrF4NO2. The minimum absolute atomic E-state index is 0.235. The number of rotatable bonds is 4. The van der Waals surface area contributed by atoms with Gasteiger partial charge in [0.2, 0.25) is 0 Å². The fraction of sp³-hybridized carbons (Fsp3) is 0.417. The van der Waals surface area contributed by atoms with Crippen molar-refractivity contribution in [3.63, 3.8) is 0 Å². The van der Waals surface area contributed by atoms with Crippen LogP contribution in [0, 0.1) is 5.82 Å². The van der Waals surface area contributed by atoms with Crippen LogP contribution in [0.5, 0.6) is 0 Å². The lowest BCUT2D eigenvalue weighted by Gasteiger charge is -2.26. The van der Waals surface area contributed by atoms with Gasteiger partial charge in [0.1, 0.15) is 6.54 Å². The molecule has 0 amide bonds. The number of nitrogens with zero attached hydrogens (tertiary/aromatic N) is 1. The average Bonchev–Trinajstić information content (AvgIpc) is 3.12. The molecular weight excluding hydrogens is 346 g/mol. The van der Waals surface area contributed by atoms with Gasteiger partial charge in [0.25, 0.3) is 0 Å². The largest absolute Gasteiger partial charge is 0.478 e. The zero-order chi connectivity index (χ0) is 15.1. The van der Waals surface area contributed by atoms with Crippen LogP contribution in [-0.2, 0) is 0 Å². The van der Waals surface area contributed by atoms with Crippen LogP contribution < -0.4 is 4.90 Å². The van der Waals surface area contributed by atoms with Gasteiger partial charge in [0, 0.05) is 6.04 Å². The first-order valence-electron chi connectivity index (χ1n) is 5.75. The number of carboxylic acids is 1. The van der Waals surface area contributed by atoms with E-state index in [2.05, 4.69) is 15.9 Å². The van der Waals surface area contributed by atoms with Gasteiger partial charge in [-0.2, -0.15) is 13.2 Å². The number of aromatic carboxylic acids is 1. The Morgan fingerprint density at radius 1 is 1.40 bits per heavy atom. The summed E-state index contributed by atoms with van der Waals surface area (Å²) >= 11 is 2.79. The average molecular weight is 356 g/mol. The summed E-state index contributed by atoms with van der Waals surface area (Å²) in [4.78, 5) is 11.8. The quantitative estimate of drug-likeness (QED) is 0.834. The van der Waals surface area contributed by atoms with E-state index in [1.165, 1.54) is 0 Å². The molecule has 0 aliphatic heterocycles. The summed E-state index contributed by atoms with van der Waals surface area (Å²) in [7, 11) is 0. The van der Waals surface area contributed by atoms with Gasteiger partial charge in [-0.25, -0.2) is 9.18 Å². The van der Waals surface area contributed by atoms with Crippen LogP contribution in [0.25, 0.3) is 0 Å². The highest BCUT2D eigenvalue weighted by Crippen LogP contribution is 2.38. The first kappa shape index (κ1) is 15.1. The van der Waals surface area contributed by atoms with Crippen molar-refractivity contribution in [3.8, 4) is 0 Å². The summed E-state index contributed by atoms with van der Waals surface area (Å²) in [5.41, 5.74) is -0.560. The monoisotopic (exact) mass is 355 g/mol. The third-order valence-electron chi connectivity index (χ3n) is 2.94. The predicted molar refractivity (Wildman–Crippen MR) is 67.5 cm³/mol. The summed E-state index contributed by atoms with van der Waals surface area (Å²) in [6.07, 6.45) is -3.32. The Morgan fingerprint density at radius 2 is 2.00 bits per heavy atom. The van der Waals surface area contributed by atoms with Gasteiger partial charge < -0.3 is 10.0 Å². The normalized spacial score (nSPS) is 15.2. The second-order valence-corrected chi connectivity index (χ2v) is 5.33. The molecule has 1 aromatic carbocycles. The van der Waals surface area contributed by atoms with Crippen LogP contribution in [-0.4, -0.2) is 29.8 Å². The first-order chi connectivity index (χ1) is 9.20. The van der Waals surface area contributed by atoms with Gasteiger partial charge in [-0.05, 0) is 40.9 Å². The molecule has 0 heterocycles. The first-order valence-corrected chi connectivity index (χ1v) is 6.54. The van der Waals surface area contributed by atoms with Crippen molar-refractivity contribution in [2.45, 2.75) is 25.1 Å². The van der Waals surface area contributed by atoms with Crippen molar-refractivity contribution in [2.75, 3.05) is 11.4 Å². The van der Waals surface area contributed by atoms with Crippen molar-refractivity contribution in [1.29, 1.82) is 0 Å². The van der Waals surface area contributed by atoms with Crippen LogP contribution >= 0.6 is 15.9 Å². The molecule has 1 aliphatic rings. The van der Waals surface area contributed by atoms with Gasteiger partial charge in [-0.3, -0.25) is 0 Å². The Morgan fingerprint density at radius 3 is 2.45 bits per heavy atom. The minimum Gasteiger partial charge on any atom is -0.478 e. The van der Waals surface area contributed by atoms with Crippen molar-refractivity contribution < 1.29 is 27.5 Å². The number of benzene rings is 1. The standard InChI is InChI=1S/C12H10BrF4NO2/c13-9-7(11(19)20)3-4-8(10(9)14)18(6-1-2-6)5-12(15,16)17/h3-4,6H,1-2,5H2,(H,19,20). The Balaban J connectivity index is 2.39. The topological polar surface area (TPSA) is 40.5 Å². The maximum atomic E-state index is 14.1. The molecule has 1 N–H and O–H groups in total. The van der Waals surface area contributed by atoms with Crippen LogP contribution in [0.3, 0.4) is 0 Å². The third-order valence-corrected chi connectivity index (χ3v) is 3.71. The van der Waals surface area contributed by atoms with E-state index in [9.17, 15) is 22.4 Å². The maximum absolute atomic E-state index is 14.1. The number of hydrogen-bond donors (Lipinski definition) is 1. The summed E-state index contributed by atoms with van der Waals surface area (Å²) in [6.45, 7) is -1.26. The highest BCUT2D eigenvalue weighted by molar-refractivity contribution is 9.10. The van der Waals surface area contributed by atoms with Gasteiger partial charge in [0.05, 0.1) is 15.7 Å². The molecule has 0 atom stereocenters. The zero-order valence-electron chi connectivity index (χ0n) is 10.0. The molecule has 1 fully saturated rings. The van der Waals surface area contributed by atoms with Gasteiger partial charge in [-0.15, -0.1) is 0 Å². The molecule has 0 unspecified atom stereocenters. The van der Waals surface area contributed by atoms with E-state index in [0.29, 0.717) is 12.8 Å². The molecule has 0 radical (unpaired) electrons. The van der Waals surface area contributed by atoms with Crippen molar-refractivity contribution >= 4 is 27.6 Å². The second kappa shape index (κ2) is 5.23. The molecule has 1 aliphatic carbocycles. The van der Waals surface area contributed by atoms with Crippen molar-refractivity contribution in [1.82, 2.24) is 0 Å². The van der Waals surface area contributed by atoms with Crippen LogP contribution in [0.4, 0.5) is 23.2 Å². The smallest absolute Gasteiger partial charge is 0.405 e. The summed E-state index contributed by atoms with van der Waals surface area (Å²) in [5.74, 6) is -2.34. The number of anilines is 1. The van der Waals surface area contributed by atoms with E-state index in [0.717, 1.165) is 17.0 Å². The fourth-order valence-corrected chi connectivity index (χ4v) is 2.42. The molecule has 110 valence electrons. The van der Waals surface area contributed by atoms with Gasteiger partial charge in [0.15, 0.2) is 5.82 Å². The number of hydrogen-bond acceptors (Lipinski definition) is 2. The van der Waals surface area contributed by atoms with E-state index < -0.39 is 24.5 Å². The number of halogens is 5.